The minimum absolute atomic E-state index is 0.0227. The Bertz CT molecular complexity index is 556. The molecule has 0 aliphatic rings. The Labute approximate surface area is 115 Å². The van der Waals surface area contributed by atoms with Crippen LogP contribution in [0.1, 0.15) is 10.4 Å². The SMILES string of the molecule is CN(C)C(=O)CN(C)c1ccc([N+](=O)[O-])cc1C(=O)O. The summed E-state index contributed by atoms with van der Waals surface area (Å²) in [6.07, 6.45) is 0. The summed E-state index contributed by atoms with van der Waals surface area (Å²) >= 11 is 0. The molecule has 0 spiro atoms. The third-order valence-electron chi connectivity index (χ3n) is 2.70. The van der Waals surface area contributed by atoms with E-state index in [9.17, 15) is 19.7 Å². The van der Waals surface area contributed by atoms with Gasteiger partial charge in [0.05, 0.1) is 22.7 Å². The Hall–Kier alpha value is -2.64. The van der Waals surface area contributed by atoms with Gasteiger partial charge in [-0.2, -0.15) is 0 Å². The maximum atomic E-state index is 11.6. The number of hydrogen-bond donors (Lipinski definition) is 1. The third kappa shape index (κ3) is 3.44. The first-order valence-electron chi connectivity index (χ1n) is 5.67. The largest absolute Gasteiger partial charge is 0.478 e. The van der Waals surface area contributed by atoms with E-state index in [1.54, 1.807) is 21.1 Å². The van der Waals surface area contributed by atoms with E-state index in [1.165, 1.54) is 21.9 Å². The van der Waals surface area contributed by atoms with Crippen molar-refractivity contribution in [3.8, 4) is 0 Å². The number of anilines is 1. The normalized spacial score (nSPS) is 9.95. The lowest BCUT2D eigenvalue weighted by atomic mass is 10.1. The van der Waals surface area contributed by atoms with Crippen molar-refractivity contribution in [1.29, 1.82) is 0 Å². The molecule has 0 bridgehead atoms. The fourth-order valence-corrected chi connectivity index (χ4v) is 1.57. The van der Waals surface area contributed by atoms with E-state index in [4.69, 9.17) is 5.11 Å². The summed E-state index contributed by atoms with van der Waals surface area (Å²) in [6.45, 7) is -0.0227. The van der Waals surface area contributed by atoms with E-state index in [-0.39, 0.29) is 29.4 Å². The predicted octanol–water partition coefficient (Wildman–Crippen LogP) is 0.817. The van der Waals surface area contributed by atoms with Crippen LogP contribution in [0.2, 0.25) is 0 Å². The van der Waals surface area contributed by atoms with Gasteiger partial charge in [-0.15, -0.1) is 0 Å². The van der Waals surface area contributed by atoms with Gasteiger partial charge >= 0.3 is 5.97 Å². The molecule has 1 aromatic rings. The number of carbonyl (C=O) groups excluding carboxylic acids is 1. The molecule has 0 aliphatic heterocycles. The summed E-state index contributed by atoms with van der Waals surface area (Å²) in [7, 11) is 4.73. The molecular formula is C12H15N3O5. The fourth-order valence-electron chi connectivity index (χ4n) is 1.57. The molecule has 1 rings (SSSR count). The van der Waals surface area contributed by atoms with Gasteiger partial charge < -0.3 is 14.9 Å². The molecule has 0 heterocycles. The van der Waals surface area contributed by atoms with Gasteiger partial charge in [-0.05, 0) is 6.07 Å². The van der Waals surface area contributed by atoms with Crippen molar-refractivity contribution in [2.45, 2.75) is 0 Å². The number of hydrogen-bond acceptors (Lipinski definition) is 5. The van der Waals surface area contributed by atoms with E-state index in [2.05, 4.69) is 0 Å². The molecule has 0 aliphatic carbocycles. The average Bonchev–Trinajstić information content (AvgIpc) is 2.37. The van der Waals surface area contributed by atoms with Crippen LogP contribution in [0.15, 0.2) is 18.2 Å². The van der Waals surface area contributed by atoms with E-state index < -0.39 is 10.9 Å². The Kier molecular flexibility index (Phi) is 4.63. The Balaban J connectivity index is 3.14. The number of aromatic carboxylic acids is 1. The van der Waals surface area contributed by atoms with Crippen molar-refractivity contribution in [3.63, 3.8) is 0 Å². The van der Waals surface area contributed by atoms with Crippen LogP contribution in [0.3, 0.4) is 0 Å². The zero-order valence-corrected chi connectivity index (χ0v) is 11.4. The highest BCUT2D eigenvalue weighted by Gasteiger charge is 2.20. The van der Waals surface area contributed by atoms with Gasteiger partial charge in [-0.25, -0.2) is 4.79 Å². The molecule has 0 saturated carbocycles. The lowest BCUT2D eigenvalue weighted by Gasteiger charge is -2.22. The molecule has 0 fully saturated rings. The third-order valence-corrected chi connectivity index (χ3v) is 2.70. The van der Waals surface area contributed by atoms with Gasteiger partial charge in [-0.3, -0.25) is 14.9 Å². The zero-order chi connectivity index (χ0) is 15.4. The number of carboxylic acids is 1. The lowest BCUT2D eigenvalue weighted by Crippen LogP contribution is -2.35. The number of nitrogens with zero attached hydrogens (tertiary/aromatic N) is 3. The predicted molar refractivity (Wildman–Crippen MR) is 72.0 cm³/mol. The maximum absolute atomic E-state index is 11.6. The average molecular weight is 281 g/mol. The van der Waals surface area contributed by atoms with Crippen LogP contribution < -0.4 is 4.90 Å². The number of rotatable bonds is 5. The molecule has 1 N–H and O–H groups in total. The van der Waals surface area contributed by atoms with Gasteiger partial charge in [0.25, 0.3) is 5.69 Å². The van der Waals surface area contributed by atoms with Gasteiger partial charge in [0.15, 0.2) is 0 Å². The highest BCUT2D eigenvalue weighted by Crippen LogP contribution is 2.24. The van der Waals surface area contributed by atoms with Gasteiger partial charge in [-0.1, -0.05) is 0 Å². The second-order valence-corrected chi connectivity index (χ2v) is 4.41. The van der Waals surface area contributed by atoms with Gasteiger partial charge in [0.2, 0.25) is 5.91 Å². The van der Waals surface area contributed by atoms with E-state index in [1.807, 2.05) is 0 Å². The van der Waals surface area contributed by atoms with E-state index in [0.717, 1.165) is 6.07 Å². The van der Waals surface area contributed by atoms with Crippen molar-refractivity contribution in [2.24, 2.45) is 0 Å². The molecule has 8 heteroatoms. The van der Waals surface area contributed by atoms with Crippen molar-refractivity contribution in [2.75, 3.05) is 32.6 Å². The minimum Gasteiger partial charge on any atom is -0.478 e. The Morgan fingerprint density at radius 1 is 1.30 bits per heavy atom. The topological polar surface area (TPSA) is 104 Å². The Morgan fingerprint density at radius 2 is 1.90 bits per heavy atom. The lowest BCUT2D eigenvalue weighted by molar-refractivity contribution is -0.384. The van der Waals surface area contributed by atoms with Crippen LogP contribution in [0, 0.1) is 10.1 Å². The molecule has 108 valence electrons. The number of amides is 1. The van der Waals surface area contributed by atoms with Crippen LogP contribution in [0.25, 0.3) is 0 Å². The van der Waals surface area contributed by atoms with Gasteiger partial charge in [0.1, 0.15) is 0 Å². The van der Waals surface area contributed by atoms with Gasteiger partial charge in [0, 0.05) is 33.3 Å². The highest BCUT2D eigenvalue weighted by molar-refractivity contribution is 5.96. The molecular weight excluding hydrogens is 266 g/mol. The number of non-ortho nitro benzene ring substituents is 1. The standard InChI is InChI=1S/C12H15N3O5/c1-13(2)11(16)7-14(3)10-5-4-8(15(19)20)6-9(10)12(17)18/h4-6H,7H2,1-3H3,(H,17,18). The van der Waals surface area contributed by atoms with Crippen molar-refractivity contribution in [3.05, 3.63) is 33.9 Å². The molecule has 1 aromatic carbocycles. The molecule has 0 radical (unpaired) electrons. The van der Waals surface area contributed by atoms with Crippen molar-refractivity contribution < 1.29 is 19.6 Å². The smallest absolute Gasteiger partial charge is 0.338 e. The summed E-state index contributed by atoms with van der Waals surface area (Å²) in [4.78, 5) is 35.6. The molecule has 0 atom stereocenters. The van der Waals surface area contributed by atoms with Crippen LogP contribution in [-0.2, 0) is 4.79 Å². The second kappa shape index (κ2) is 6.00. The summed E-state index contributed by atoms with van der Waals surface area (Å²) in [5.74, 6) is -1.49. The first-order valence-corrected chi connectivity index (χ1v) is 5.67. The number of nitro groups is 1. The van der Waals surface area contributed by atoms with E-state index >= 15 is 0 Å². The summed E-state index contributed by atoms with van der Waals surface area (Å²) in [6, 6.07) is 3.51. The molecule has 8 nitrogen and oxygen atoms in total. The second-order valence-electron chi connectivity index (χ2n) is 4.41. The highest BCUT2D eigenvalue weighted by atomic mass is 16.6. The number of likely N-dealkylation sites (N-methyl/N-ethyl adjacent to an activating group) is 2. The molecule has 0 saturated heterocycles. The fraction of sp³-hybridized carbons (Fsp3) is 0.333. The van der Waals surface area contributed by atoms with Crippen LogP contribution in [0.5, 0.6) is 0 Å². The quantitative estimate of drug-likeness (QED) is 0.633. The number of nitro benzene ring substituents is 1. The first-order chi connectivity index (χ1) is 9.23. The summed E-state index contributed by atoms with van der Waals surface area (Å²) in [5, 5.41) is 19.8. The molecule has 1 amide bonds. The number of benzene rings is 1. The van der Waals surface area contributed by atoms with Crippen molar-refractivity contribution >= 4 is 23.3 Å². The van der Waals surface area contributed by atoms with Crippen LogP contribution >= 0.6 is 0 Å². The molecule has 20 heavy (non-hydrogen) atoms. The number of carboxylic acid groups (broad SMARTS) is 1. The van der Waals surface area contributed by atoms with Crippen LogP contribution in [0.4, 0.5) is 11.4 Å². The van der Waals surface area contributed by atoms with Crippen molar-refractivity contribution in [1.82, 2.24) is 4.90 Å². The number of carbonyl (C=O) groups is 2. The maximum Gasteiger partial charge on any atom is 0.338 e. The van der Waals surface area contributed by atoms with Crippen LogP contribution in [-0.4, -0.2) is 54.5 Å². The summed E-state index contributed by atoms with van der Waals surface area (Å²) in [5.41, 5.74) is -0.273. The van der Waals surface area contributed by atoms with E-state index in [0.29, 0.717) is 0 Å². The molecule has 0 unspecified atom stereocenters. The zero-order valence-electron chi connectivity index (χ0n) is 11.4. The monoisotopic (exact) mass is 281 g/mol. The Morgan fingerprint density at radius 3 is 2.35 bits per heavy atom. The first kappa shape index (κ1) is 15.4. The summed E-state index contributed by atoms with van der Waals surface area (Å²) < 4.78 is 0. The molecule has 0 aromatic heterocycles. The minimum atomic E-state index is -1.28.